The zero-order valence-electron chi connectivity index (χ0n) is 19.0. The van der Waals surface area contributed by atoms with E-state index in [1.54, 1.807) is 19.4 Å². The lowest BCUT2D eigenvalue weighted by atomic mass is 9.78. The standard InChI is InChI=1S/C23H26N6O5/c1-24-22(32)14-8-26-18(28-21(31)13-3-4-13)7-15(14)27-20-19(33-2)16(5-6-25-20)29-10-23(11-29)12-34-9-17(23)30/h5-8,13H,3-4,9-12H2,1-2H3,(H,24,32)(H2,25,26,27,28,31). The minimum absolute atomic E-state index is 0.0206. The second-order valence-corrected chi connectivity index (χ2v) is 8.85. The number of hydrogen-bond donors (Lipinski definition) is 3. The van der Waals surface area contributed by atoms with Crippen LogP contribution in [0.25, 0.3) is 0 Å². The molecule has 0 bridgehead atoms. The Bertz CT molecular complexity index is 1160. The van der Waals surface area contributed by atoms with Crippen LogP contribution in [0.5, 0.6) is 5.75 Å². The Kier molecular flexibility index (Phi) is 5.56. The van der Waals surface area contributed by atoms with Gasteiger partial charge in [-0.25, -0.2) is 9.97 Å². The monoisotopic (exact) mass is 466 g/mol. The van der Waals surface area contributed by atoms with Crippen molar-refractivity contribution in [3.8, 4) is 5.75 Å². The molecule has 1 saturated carbocycles. The van der Waals surface area contributed by atoms with E-state index < -0.39 is 5.41 Å². The number of nitrogens with zero attached hydrogens (tertiary/aromatic N) is 3. The van der Waals surface area contributed by atoms with E-state index in [2.05, 4.69) is 25.9 Å². The molecule has 1 spiro atoms. The summed E-state index contributed by atoms with van der Waals surface area (Å²) in [7, 11) is 3.07. The highest BCUT2D eigenvalue weighted by atomic mass is 16.5. The number of pyridine rings is 2. The van der Waals surface area contributed by atoms with Gasteiger partial charge in [0.15, 0.2) is 17.4 Å². The number of anilines is 4. The Morgan fingerprint density at radius 1 is 1.26 bits per heavy atom. The molecule has 4 heterocycles. The number of ketones is 1. The van der Waals surface area contributed by atoms with Gasteiger partial charge in [0, 0.05) is 44.5 Å². The summed E-state index contributed by atoms with van der Waals surface area (Å²) < 4.78 is 11.0. The summed E-state index contributed by atoms with van der Waals surface area (Å²) in [4.78, 5) is 47.5. The highest BCUT2D eigenvalue weighted by molar-refractivity contribution is 6.01. The molecule has 11 nitrogen and oxygen atoms in total. The molecule has 11 heteroatoms. The fourth-order valence-corrected chi connectivity index (χ4v) is 4.32. The van der Waals surface area contributed by atoms with E-state index in [0.29, 0.717) is 42.8 Å². The summed E-state index contributed by atoms with van der Waals surface area (Å²) in [5.41, 5.74) is 1.04. The number of Topliss-reactive ketones (excluding diaryl/α,β-unsaturated/α-hetero) is 1. The van der Waals surface area contributed by atoms with Crippen molar-refractivity contribution in [1.82, 2.24) is 15.3 Å². The lowest BCUT2D eigenvalue weighted by Gasteiger charge is -2.47. The highest BCUT2D eigenvalue weighted by Crippen LogP contribution is 2.44. The molecule has 3 fully saturated rings. The first-order valence-corrected chi connectivity index (χ1v) is 11.1. The molecular formula is C23H26N6O5. The van der Waals surface area contributed by atoms with Gasteiger partial charge < -0.3 is 30.3 Å². The average molecular weight is 466 g/mol. The van der Waals surface area contributed by atoms with E-state index in [4.69, 9.17) is 9.47 Å². The number of nitrogens with one attached hydrogen (secondary N) is 3. The normalized spacial score (nSPS) is 18.4. The minimum atomic E-state index is -0.450. The fourth-order valence-electron chi connectivity index (χ4n) is 4.32. The third-order valence-electron chi connectivity index (χ3n) is 6.45. The van der Waals surface area contributed by atoms with Crippen LogP contribution in [0.1, 0.15) is 23.2 Å². The van der Waals surface area contributed by atoms with Crippen molar-refractivity contribution in [2.24, 2.45) is 11.3 Å². The second-order valence-electron chi connectivity index (χ2n) is 8.85. The maximum Gasteiger partial charge on any atom is 0.254 e. The van der Waals surface area contributed by atoms with E-state index >= 15 is 0 Å². The van der Waals surface area contributed by atoms with Gasteiger partial charge in [-0.1, -0.05) is 0 Å². The smallest absolute Gasteiger partial charge is 0.254 e. The van der Waals surface area contributed by atoms with Crippen molar-refractivity contribution in [1.29, 1.82) is 0 Å². The largest absolute Gasteiger partial charge is 0.491 e. The third kappa shape index (κ3) is 3.92. The highest BCUT2D eigenvalue weighted by Gasteiger charge is 2.53. The van der Waals surface area contributed by atoms with Crippen molar-refractivity contribution >= 4 is 40.6 Å². The fraction of sp³-hybridized carbons (Fsp3) is 0.435. The van der Waals surface area contributed by atoms with Crippen LogP contribution in [0.4, 0.5) is 23.0 Å². The Balaban J connectivity index is 1.43. The van der Waals surface area contributed by atoms with Crippen LogP contribution in [-0.4, -0.2) is 68.0 Å². The molecule has 5 rings (SSSR count). The summed E-state index contributed by atoms with van der Waals surface area (Å²) in [6.07, 6.45) is 4.78. The molecule has 0 unspecified atom stereocenters. The molecule has 0 radical (unpaired) electrons. The number of rotatable bonds is 7. The molecule has 2 amide bonds. The molecule has 3 aliphatic rings. The van der Waals surface area contributed by atoms with Crippen LogP contribution in [-0.2, 0) is 14.3 Å². The number of carbonyl (C=O) groups is 3. The molecule has 2 aliphatic heterocycles. The van der Waals surface area contributed by atoms with Crippen LogP contribution < -0.4 is 25.6 Å². The van der Waals surface area contributed by atoms with Crippen LogP contribution in [0.3, 0.4) is 0 Å². The van der Waals surface area contributed by atoms with Gasteiger partial charge in [-0.3, -0.25) is 14.4 Å². The summed E-state index contributed by atoms with van der Waals surface area (Å²) in [5, 5.41) is 8.56. The first kappa shape index (κ1) is 22.1. The summed E-state index contributed by atoms with van der Waals surface area (Å²) in [5.74, 6) is 0.940. The van der Waals surface area contributed by atoms with Gasteiger partial charge >= 0.3 is 0 Å². The molecule has 0 aromatic carbocycles. The predicted octanol–water partition coefficient (Wildman–Crippen LogP) is 1.34. The topological polar surface area (TPSA) is 135 Å². The summed E-state index contributed by atoms with van der Waals surface area (Å²) >= 11 is 0. The van der Waals surface area contributed by atoms with Crippen molar-refractivity contribution in [2.45, 2.75) is 12.8 Å². The zero-order valence-corrected chi connectivity index (χ0v) is 19.0. The maximum atomic E-state index is 12.5. The SMILES string of the molecule is CNC(=O)c1cnc(NC(=O)C2CC2)cc1Nc1nccc(N2CC3(COCC3=O)C2)c1OC. The predicted molar refractivity (Wildman–Crippen MR) is 124 cm³/mol. The molecule has 0 atom stereocenters. The molecule has 1 aliphatic carbocycles. The van der Waals surface area contributed by atoms with Gasteiger partial charge in [0.25, 0.3) is 5.91 Å². The van der Waals surface area contributed by atoms with Crippen LogP contribution in [0.15, 0.2) is 24.5 Å². The molecule has 34 heavy (non-hydrogen) atoms. The number of methoxy groups -OCH3 is 1. The van der Waals surface area contributed by atoms with Crippen molar-refractivity contribution in [2.75, 3.05) is 56.0 Å². The van der Waals surface area contributed by atoms with Crippen molar-refractivity contribution < 1.29 is 23.9 Å². The number of carbonyl (C=O) groups excluding carboxylic acids is 3. The Hall–Kier alpha value is -3.73. The second kappa shape index (κ2) is 8.56. The van der Waals surface area contributed by atoms with E-state index in [0.717, 1.165) is 18.5 Å². The molecule has 2 aromatic heterocycles. The quantitative estimate of drug-likeness (QED) is 0.552. The van der Waals surface area contributed by atoms with E-state index in [1.165, 1.54) is 13.2 Å². The lowest BCUT2D eigenvalue weighted by molar-refractivity contribution is -0.125. The summed E-state index contributed by atoms with van der Waals surface area (Å²) in [6, 6.07) is 3.43. The van der Waals surface area contributed by atoms with E-state index in [9.17, 15) is 14.4 Å². The maximum absolute atomic E-state index is 12.5. The van der Waals surface area contributed by atoms with Crippen molar-refractivity contribution in [3.05, 3.63) is 30.1 Å². The third-order valence-corrected chi connectivity index (χ3v) is 6.45. The first-order valence-electron chi connectivity index (χ1n) is 11.1. The van der Waals surface area contributed by atoms with Crippen LogP contribution in [0, 0.1) is 11.3 Å². The molecule has 2 aromatic rings. The first-order chi connectivity index (χ1) is 16.4. The number of hydrogen-bond acceptors (Lipinski definition) is 9. The molecule has 3 N–H and O–H groups in total. The number of aromatic nitrogens is 2. The van der Waals surface area contributed by atoms with Gasteiger partial charge in [0.05, 0.1) is 36.1 Å². The van der Waals surface area contributed by atoms with E-state index in [-0.39, 0.29) is 35.7 Å². The lowest BCUT2D eigenvalue weighted by Crippen LogP contribution is -2.60. The Morgan fingerprint density at radius 2 is 2.06 bits per heavy atom. The summed E-state index contributed by atoms with van der Waals surface area (Å²) in [6.45, 7) is 1.68. The molecule has 178 valence electrons. The van der Waals surface area contributed by atoms with Gasteiger partial charge in [-0.15, -0.1) is 0 Å². The number of amides is 2. The van der Waals surface area contributed by atoms with Crippen molar-refractivity contribution in [3.63, 3.8) is 0 Å². The van der Waals surface area contributed by atoms with E-state index in [1.807, 2.05) is 11.0 Å². The Labute approximate surface area is 196 Å². The van der Waals surface area contributed by atoms with Crippen LogP contribution >= 0.6 is 0 Å². The average Bonchev–Trinajstić information content (AvgIpc) is 3.59. The minimum Gasteiger partial charge on any atom is -0.491 e. The molecular weight excluding hydrogens is 440 g/mol. The van der Waals surface area contributed by atoms with Gasteiger partial charge in [-0.05, 0) is 18.9 Å². The van der Waals surface area contributed by atoms with Crippen LogP contribution in [0.2, 0.25) is 0 Å². The van der Waals surface area contributed by atoms with Gasteiger partial charge in [-0.2, -0.15) is 0 Å². The molecule has 2 saturated heterocycles. The van der Waals surface area contributed by atoms with Gasteiger partial charge in [0.2, 0.25) is 5.91 Å². The Morgan fingerprint density at radius 3 is 2.71 bits per heavy atom. The van der Waals surface area contributed by atoms with Gasteiger partial charge in [0.1, 0.15) is 12.4 Å². The number of ether oxygens (including phenoxy) is 2. The zero-order chi connectivity index (χ0) is 23.9.